The summed E-state index contributed by atoms with van der Waals surface area (Å²) >= 11 is 0. The van der Waals surface area contributed by atoms with Crippen molar-refractivity contribution in [3.8, 4) is 0 Å². The van der Waals surface area contributed by atoms with Gasteiger partial charge in [0.05, 0.1) is 8.07 Å². The zero-order chi connectivity index (χ0) is 11.1. The van der Waals surface area contributed by atoms with E-state index >= 15 is 0 Å². The third-order valence-electron chi connectivity index (χ3n) is 2.66. The first-order valence-corrected chi connectivity index (χ1v) is 8.83. The molecule has 0 radical (unpaired) electrons. The van der Waals surface area contributed by atoms with Crippen LogP contribution in [0.25, 0.3) is 6.08 Å². The van der Waals surface area contributed by atoms with E-state index in [9.17, 15) is 0 Å². The van der Waals surface area contributed by atoms with E-state index in [1.807, 2.05) is 6.07 Å². The molecule has 1 aromatic rings. The largest absolute Gasteiger partial charge is 0.0948 e. The summed E-state index contributed by atoms with van der Waals surface area (Å²) < 4.78 is 0. The van der Waals surface area contributed by atoms with Gasteiger partial charge in [0.15, 0.2) is 0 Å². The summed E-state index contributed by atoms with van der Waals surface area (Å²) in [5, 5.41) is 0. The molecule has 0 bridgehead atoms. The third-order valence-corrected chi connectivity index (χ3v) is 5.58. The summed E-state index contributed by atoms with van der Waals surface area (Å²) in [5.74, 6) is 0. The normalized spacial score (nSPS) is 12.7. The highest BCUT2D eigenvalue weighted by molar-refractivity contribution is 6.82. The molecule has 1 aromatic carbocycles. The van der Waals surface area contributed by atoms with Gasteiger partial charge in [0.1, 0.15) is 0 Å². The van der Waals surface area contributed by atoms with Crippen LogP contribution in [0, 0.1) is 0 Å². The maximum Gasteiger partial charge on any atom is 0.0714 e. The van der Waals surface area contributed by atoms with E-state index in [1.54, 1.807) is 0 Å². The van der Waals surface area contributed by atoms with Gasteiger partial charge in [0.25, 0.3) is 0 Å². The maximum absolute atomic E-state index is 2.40. The monoisotopic (exact) mass is 216 g/mol. The third kappa shape index (κ3) is 4.80. The fourth-order valence-corrected chi connectivity index (χ4v) is 2.03. The van der Waals surface area contributed by atoms with Gasteiger partial charge in [-0.25, -0.2) is 0 Å². The van der Waals surface area contributed by atoms with Crippen LogP contribution in [0.15, 0.2) is 48.2 Å². The van der Waals surface area contributed by atoms with Crippen molar-refractivity contribution >= 4 is 14.1 Å². The van der Waals surface area contributed by atoms with Gasteiger partial charge in [-0.15, -0.1) is 0 Å². The summed E-state index contributed by atoms with van der Waals surface area (Å²) in [7, 11) is -1.05. The fraction of sp³-hybridized carbons (Fsp3) is 0.286. The van der Waals surface area contributed by atoms with Crippen molar-refractivity contribution in [1.82, 2.24) is 0 Å². The van der Waals surface area contributed by atoms with Gasteiger partial charge in [-0.1, -0.05) is 80.3 Å². The lowest BCUT2D eigenvalue weighted by Gasteiger charge is -2.12. The van der Waals surface area contributed by atoms with E-state index in [2.05, 4.69) is 68.2 Å². The smallest absolute Gasteiger partial charge is 0.0714 e. The fourth-order valence-electron chi connectivity index (χ4n) is 1.16. The van der Waals surface area contributed by atoms with Crippen molar-refractivity contribution in [3.63, 3.8) is 0 Å². The average Bonchev–Trinajstić information content (AvgIpc) is 2.26. The van der Waals surface area contributed by atoms with Gasteiger partial charge in [-0.05, 0) is 5.56 Å². The first kappa shape index (κ1) is 12.0. The van der Waals surface area contributed by atoms with E-state index in [4.69, 9.17) is 0 Å². The Morgan fingerprint density at radius 2 is 1.73 bits per heavy atom. The van der Waals surface area contributed by atoms with Crippen LogP contribution in [0.5, 0.6) is 0 Å². The van der Waals surface area contributed by atoms with Gasteiger partial charge in [-0.2, -0.15) is 0 Å². The first-order chi connectivity index (χ1) is 7.14. The van der Waals surface area contributed by atoms with Crippen LogP contribution in [0.4, 0.5) is 0 Å². The minimum absolute atomic E-state index is 1.05. The van der Waals surface area contributed by atoms with E-state index in [0.29, 0.717) is 0 Å². The molecule has 1 rings (SSSR count). The summed E-state index contributed by atoms with van der Waals surface area (Å²) in [5.41, 5.74) is 3.66. The first-order valence-electron chi connectivity index (χ1n) is 5.55. The Hall–Kier alpha value is -1.08. The predicted molar refractivity (Wildman–Crippen MR) is 72.6 cm³/mol. The second-order valence-electron chi connectivity index (χ2n) is 4.47. The Bertz CT molecular complexity index is 334. The van der Waals surface area contributed by atoms with Crippen LogP contribution in [0.1, 0.15) is 12.5 Å². The molecule has 0 fully saturated rings. The maximum atomic E-state index is 2.40. The molecule has 15 heavy (non-hydrogen) atoms. The summed E-state index contributed by atoms with van der Waals surface area (Å²) in [4.78, 5) is 0. The van der Waals surface area contributed by atoms with Gasteiger partial charge >= 0.3 is 0 Å². The molecule has 0 saturated carbocycles. The second kappa shape index (κ2) is 5.71. The molecule has 0 amide bonds. The second-order valence-corrected chi connectivity index (χ2v) is 9.49. The molecule has 0 aromatic heterocycles. The van der Waals surface area contributed by atoms with Gasteiger partial charge in [0, 0.05) is 0 Å². The summed E-state index contributed by atoms with van der Waals surface area (Å²) in [6.07, 6.45) is 6.49. The van der Waals surface area contributed by atoms with Crippen LogP contribution in [-0.2, 0) is 0 Å². The molecule has 0 spiro atoms. The number of benzene rings is 1. The molecule has 0 nitrogen and oxygen atoms in total. The molecular weight excluding hydrogens is 196 g/mol. The number of hydrogen-bond donors (Lipinski definition) is 0. The Morgan fingerprint density at radius 1 is 1.07 bits per heavy atom. The van der Waals surface area contributed by atoms with Crippen molar-refractivity contribution < 1.29 is 0 Å². The molecule has 0 aliphatic rings. The predicted octanol–water partition coefficient (Wildman–Crippen LogP) is 4.52. The topological polar surface area (TPSA) is 0 Å². The van der Waals surface area contributed by atoms with Crippen LogP contribution < -0.4 is 0 Å². The molecule has 0 heterocycles. The lowest BCUT2D eigenvalue weighted by molar-refractivity contribution is 1.38. The van der Waals surface area contributed by atoms with Crippen LogP contribution >= 0.6 is 0 Å². The van der Waals surface area contributed by atoms with Gasteiger partial charge in [-0.3, -0.25) is 0 Å². The summed E-state index contributed by atoms with van der Waals surface area (Å²) in [6.45, 7) is 7.05. The Kier molecular flexibility index (Phi) is 4.57. The standard InChI is InChI=1S/C14H20Si/c1-4-15(2,3)13-9-8-12-14-10-6-5-7-11-14/h5-13H,4H2,1-3H3/b12-8+,13-9+. The number of rotatable bonds is 4. The molecule has 0 aliphatic heterocycles. The zero-order valence-electron chi connectivity index (χ0n) is 9.90. The van der Waals surface area contributed by atoms with Crippen molar-refractivity contribution in [2.45, 2.75) is 26.1 Å². The highest BCUT2D eigenvalue weighted by atomic mass is 28.3. The molecule has 0 saturated heterocycles. The molecule has 0 atom stereocenters. The van der Waals surface area contributed by atoms with Crippen molar-refractivity contribution in [1.29, 1.82) is 0 Å². The molecule has 0 unspecified atom stereocenters. The van der Waals surface area contributed by atoms with Gasteiger partial charge in [0.2, 0.25) is 0 Å². The minimum Gasteiger partial charge on any atom is -0.0948 e. The van der Waals surface area contributed by atoms with Gasteiger partial charge < -0.3 is 0 Å². The Morgan fingerprint density at radius 3 is 2.33 bits per heavy atom. The zero-order valence-corrected chi connectivity index (χ0v) is 10.9. The highest BCUT2D eigenvalue weighted by Gasteiger charge is 2.11. The van der Waals surface area contributed by atoms with E-state index in [0.717, 1.165) is 0 Å². The minimum atomic E-state index is -1.05. The van der Waals surface area contributed by atoms with E-state index < -0.39 is 8.07 Å². The lowest BCUT2D eigenvalue weighted by atomic mass is 10.2. The van der Waals surface area contributed by atoms with E-state index in [-0.39, 0.29) is 0 Å². The Labute approximate surface area is 94.4 Å². The van der Waals surface area contributed by atoms with E-state index in [1.165, 1.54) is 11.6 Å². The van der Waals surface area contributed by atoms with Crippen molar-refractivity contribution in [2.75, 3.05) is 0 Å². The molecule has 0 N–H and O–H groups in total. The SMILES string of the molecule is CC[Si](C)(C)/C=C/C=C/c1ccccc1. The van der Waals surface area contributed by atoms with Crippen LogP contribution in [0.2, 0.25) is 19.1 Å². The quantitative estimate of drug-likeness (QED) is 0.512. The lowest BCUT2D eigenvalue weighted by Crippen LogP contribution is -2.19. The Balaban J connectivity index is 2.54. The number of allylic oxidation sites excluding steroid dienone is 2. The van der Waals surface area contributed by atoms with Crippen molar-refractivity contribution in [2.24, 2.45) is 0 Å². The molecular formula is C14H20Si. The average molecular weight is 216 g/mol. The molecule has 0 aliphatic carbocycles. The molecule has 1 heteroatoms. The van der Waals surface area contributed by atoms with Crippen LogP contribution in [-0.4, -0.2) is 8.07 Å². The van der Waals surface area contributed by atoms with Crippen molar-refractivity contribution in [3.05, 3.63) is 53.7 Å². The molecule has 80 valence electrons. The van der Waals surface area contributed by atoms with Crippen LogP contribution in [0.3, 0.4) is 0 Å². The highest BCUT2D eigenvalue weighted by Crippen LogP contribution is 2.09. The number of hydrogen-bond acceptors (Lipinski definition) is 0. The summed E-state index contributed by atoms with van der Waals surface area (Å²) in [6, 6.07) is 11.7.